The van der Waals surface area contributed by atoms with Gasteiger partial charge in [-0.25, -0.2) is 0 Å². The van der Waals surface area contributed by atoms with E-state index in [4.69, 9.17) is 5.73 Å². The van der Waals surface area contributed by atoms with Crippen LogP contribution < -0.4 is 5.73 Å². The second kappa shape index (κ2) is 6.13. The van der Waals surface area contributed by atoms with Gasteiger partial charge in [0, 0.05) is 18.1 Å². The predicted molar refractivity (Wildman–Crippen MR) is 83.3 cm³/mol. The van der Waals surface area contributed by atoms with E-state index in [1.807, 2.05) is 0 Å². The molecule has 0 amide bonds. The van der Waals surface area contributed by atoms with Crippen molar-refractivity contribution in [3.63, 3.8) is 0 Å². The van der Waals surface area contributed by atoms with Gasteiger partial charge in [0.2, 0.25) is 0 Å². The zero-order valence-electron chi connectivity index (χ0n) is 13.4. The van der Waals surface area contributed by atoms with Crippen LogP contribution in [0.15, 0.2) is 0 Å². The van der Waals surface area contributed by atoms with Gasteiger partial charge in [-0.3, -0.25) is 4.90 Å². The fourth-order valence-electron chi connectivity index (χ4n) is 4.75. The molecule has 2 unspecified atom stereocenters. The standard InChI is InChI=1S/C17H34N2/c1-4-15-10-6-5-9-13-19(15)17(14-18)12-8-7-11-16(17,2)3/h15H,4-14,18H2,1-3H3. The molecule has 1 aliphatic heterocycles. The lowest BCUT2D eigenvalue weighted by Crippen LogP contribution is -2.66. The molecule has 2 atom stereocenters. The van der Waals surface area contributed by atoms with Crippen LogP contribution in [0.4, 0.5) is 0 Å². The van der Waals surface area contributed by atoms with Crippen molar-refractivity contribution in [2.24, 2.45) is 11.1 Å². The average molecular weight is 266 g/mol. The highest BCUT2D eigenvalue weighted by molar-refractivity contribution is 5.06. The number of likely N-dealkylation sites (tertiary alicyclic amines) is 1. The highest BCUT2D eigenvalue weighted by Crippen LogP contribution is 2.48. The van der Waals surface area contributed by atoms with Gasteiger partial charge >= 0.3 is 0 Å². The monoisotopic (exact) mass is 266 g/mol. The van der Waals surface area contributed by atoms with Gasteiger partial charge in [0.15, 0.2) is 0 Å². The molecule has 19 heavy (non-hydrogen) atoms. The molecule has 0 aromatic rings. The van der Waals surface area contributed by atoms with Gasteiger partial charge in [0.1, 0.15) is 0 Å². The van der Waals surface area contributed by atoms with Gasteiger partial charge in [-0.2, -0.15) is 0 Å². The zero-order chi connectivity index (χ0) is 13.9. The van der Waals surface area contributed by atoms with Crippen LogP contribution in [-0.4, -0.2) is 29.6 Å². The summed E-state index contributed by atoms with van der Waals surface area (Å²) in [6, 6.07) is 0.767. The average Bonchev–Trinajstić information content (AvgIpc) is 2.64. The minimum Gasteiger partial charge on any atom is -0.329 e. The molecule has 1 saturated heterocycles. The molecule has 0 bridgehead atoms. The summed E-state index contributed by atoms with van der Waals surface area (Å²) in [4.78, 5) is 2.86. The lowest BCUT2D eigenvalue weighted by molar-refractivity contribution is -0.0673. The number of nitrogens with two attached hydrogens (primary N) is 1. The maximum absolute atomic E-state index is 6.37. The van der Waals surface area contributed by atoms with Crippen molar-refractivity contribution in [3.05, 3.63) is 0 Å². The van der Waals surface area contributed by atoms with Crippen molar-refractivity contribution in [1.82, 2.24) is 4.90 Å². The molecule has 1 saturated carbocycles. The van der Waals surface area contributed by atoms with Gasteiger partial charge in [0.05, 0.1) is 0 Å². The molecule has 112 valence electrons. The van der Waals surface area contributed by atoms with Crippen molar-refractivity contribution < 1.29 is 0 Å². The summed E-state index contributed by atoms with van der Waals surface area (Å²) in [5, 5.41) is 0. The van der Waals surface area contributed by atoms with Crippen molar-refractivity contribution in [3.8, 4) is 0 Å². The van der Waals surface area contributed by atoms with E-state index in [0.717, 1.165) is 12.6 Å². The van der Waals surface area contributed by atoms with Crippen LogP contribution >= 0.6 is 0 Å². The number of rotatable bonds is 3. The van der Waals surface area contributed by atoms with Crippen LogP contribution in [0.5, 0.6) is 0 Å². The highest BCUT2D eigenvalue weighted by Gasteiger charge is 2.50. The summed E-state index contributed by atoms with van der Waals surface area (Å²) in [6.45, 7) is 9.42. The first kappa shape index (κ1) is 15.3. The van der Waals surface area contributed by atoms with E-state index in [1.165, 1.54) is 64.3 Å². The Morgan fingerprint density at radius 3 is 2.42 bits per heavy atom. The maximum atomic E-state index is 6.37. The second-order valence-electron chi connectivity index (χ2n) is 7.43. The Bertz CT molecular complexity index is 287. The third-order valence-electron chi connectivity index (χ3n) is 6.14. The minimum atomic E-state index is 0.260. The Kier molecular flexibility index (Phi) is 4.94. The van der Waals surface area contributed by atoms with Gasteiger partial charge in [-0.1, -0.05) is 46.5 Å². The zero-order valence-corrected chi connectivity index (χ0v) is 13.4. The fraction of sp³-hybridized carbons (Fsp3) is 1.00. The van der Waals surface area contributed by atoms with Gasteiger partial charge in [0.25, 0.3) is 0 Å². The molecular formula is C17H34N2. The third kappa shape index (κ3) is 2.71. The fourth-order valence-corrected chi connectivity index (χ4v) is 4.75. The molecule has 1 heterocycles. The molecule has 2 rings (SSSR count). The topological polar surface area (TPSA) is 29.3 Å². The molecule has 2 heteroatoms. The van der Waals surface area contributed by atoms with E-state index in [1.54, 1.807) is 0 Å². The van der Waals surface area contributed by atoms with Crippen LogP contribution in [0.2, 0.25) is 0 Å². The van der Waals surface area contributed by atoms with E-state index in [2.05, 4.69) is 25.7 Å². The molecular weight excluding hydrogens is 232 g/mol. The lowest BCUT2D eigenvalue weighted by atomic mass is 9.61. The second-order valence-corrected chi connectivity index (χ2v) is 7.43. The lowest BCUT2D eigenvalue weighted by Gasteiger charge is -2.58. The summed E-state index contributed by atoms with van der Waals surface area (Å²) in [6.07, 6.45) is 12.3. The molecule has 2 aliphatic rings. The number of nitrogens with zero attached hydrogens (tertiary/aromatic N) is 1. The van der Waals surface area contributed by atoms with Crippen LogP contribution in [0.1, 0.15) is 78.6 Å². The van der Waals surface area contributed by atoms with E-state index in [-0.39, 0.29) is 5.54 Å². The molecule has 0 aromatic heterocycles. The Labute approximate surface area is 120 Å². The van der Waals surface area contributed by atoms with Gasteiger partial charge in [-0.05, 0) is 44.1 Å². The van der Waals surface area contributed by atoms with Crippen molar-refractivity contribution in [2.45, 2.75) is 90.1 Å². The predicted octanol–water partition coefficient (Wildman–Crippen LogP) is 3.94. The molecule has 0 aromatic carbocycles. The first-order valence-corrected chi connectivity index (χ1v) is 8.54. The van der Waals surface area contributed by atoms with Crippen LogP contribution in [-0.2, 0) is 0 Å². The molecule has 2 nitrogen and oxygen atoms in total. The van der Waals surface area contributed by atoms with Crippen molar-refractivity contribution >= 4 is 0 Å². The molecule has 0 radical (unpaired) electrons. The smallest absolute Gasteiger partial charge is 0.0385 e. The van der Waals surface area contributed by atoms with E-state index in [0.29, 0.717) is 5.41 Å². The highest BCUT2D eigenvalue weighted by atomic mass is 15.2. The van der Waals surface area contributed by atoms with E-state index < -0.39 is 0 Å². The van der Waals surface area contributed by atoms with E-state index >= 15 is 0 Å². The largest absolute Gasteiger partial charge is 0.329 e. The summed E-state index contributed by atoms with van der Waals surface area (Å²) in [7, 11) is 0. The summed E-state index contributed by atoms with van der Waals surface area (Å²) in [5.41, 5.74) is 7.00. The van der Waals surface area contributed by atoms with Crippen LogP contribution in [0.3, 0.4) is 0 Å². The Morgan fingerprint density at radius 2 is 1.79 bits per heavy atom. The number of hydrogen-bond acceptors (Lipinski definition) is 2. The number of hydrogen-bond donors (Lipinski definition) is 1. The van der Waals surface area contributed by atoms with E-state index in [9.17, 15) is 0 Å². The third-order valence-corrected chi connectivity index (χ3v) is 6.14. The molecule has 1 aliphatic carbocycles. The normalized spacial score (nSPS) is 36.9. The molecule has 0 spiro atoms. The Morgan fingerprint density at radius 1 is 1.05 bits per heavy atom. The van der Waals surface area contributed by atoms with Gasteiger partial charge in [-0.15, -0.1) is 0 Å². The summed E-state index contributed by atoms with van der Waals surface area (Å²) >= 11 is 0. The molecule has 2 N–H and O–H groups in total. The Hall–Kier alpha value is -0.0800. The first-order chi connectivity index (χ1) is 9.07. The minimum absolute atomic E-state index is 0.260. The van der Waals surface area contributed by atoms with Crippen molar-refractivity contribution in [1.29, 1.82) is 0 Å². The van der Waals surface area contributed by atoms with Crippen molar-refractivity contribution in [2.75, 3.05) is 13.1 Å². The summed E-state index contributed by atoms with van der Waals surface area (Å²) < 4.78 is 0. The van der Waals surface area contributed by atoms with Crippen LogP contribution in [0, 0.1) is 5.41 Å². The SMILES string of the molecule is CCC1CCCCCN1C1(CN)CCCCC1(C)C. The summed E-state index contributed by atoms with van der Waals surface area (Å²) in [5.74, 6) is 0. The van der Waals surface area contributed by atoms with Crippen LogP contribution in [0.25, 0.3) is 0 Å². The Balaban J connectivity index is 2.31. The molecule has 2 fully saturated rings. The first-order valence-electron chi connectivity index (χ1n) is 8.54. The maximum Gasteiger partial charge on any atom is 0.0385 e. The quantitative estimate of drug-likeness (QED) is 0.838. The van der Waals surface area contributed by atoms with Gasteiger partial charge < -0.3 is 5.73 Å².